The molecule has 10 heteroatoms. The number of amides is 3. The number of nitrogens with zero attached hydrogens (tertiary/aromatic N) is 1. The molecule has 1 fully saturated rings. The fourth-order valence-corrected chi connectivity index (χ4v) is 4.68. The van der Waals surface area contributed by atoms with E-state index >= 15 is 0 Å². The number of sulfonamides is 1. The minimum absolute atomic E-state index is 0.0619. The van der Waals surface area contributed by atoms with Crippen LogP contribution < -0.4 is 14.9 Å². The molecule has 2 aromatic rings. The smallest absolute Gasteiger partial charge is 0.338 e. The van der Waals surface area contributed by atoms with Gasteiger partial charge in [-0.25, -0.2) is 18.0 Å². The maximum absolute atomic E-state index is 12.8. The lowest BCUT2D eigenvalue weighted by Crippen LogP contribution is -2.44. The Bertz CT molecular complexity index is 1110. The molecule has 1 aliphatic carbocycles. The summed E-state index contributed by atoms with van der Waals surface area (Å²) in [6.07, 6.45) is 3.86. The van der Waals surface area contributed by atoms with Crippen LogP contribution in [0.5, 0.6) is 0 Å². The Morgan fingerprint density at radius 2 is 1.61 bits per heavy atom. The molecule has 0 aromatic heterocycles. The monoisotopic (exact) mass is 473 g/mol. The lowest BCUT2D eigenvalue weighted by Gasteiger charge is -2.19. The van der Waals surface area contributed by atoms with E-state index in [2.05, 4.69) is 10.6 Å². The van der Waals surface area contributed by atoms with E-state index in [4.69, 9.17) is 4.74 Å². The molecular weight excluding hydrogens is 446 g/mol. The van der Waals surface area contributed by atoms with E-state index in [1.54, 1.807) is 12.1 Å². The van der Waals surface area contributed by atoms with Crippen LogP contribution in [0.1, 0.15) is 41.6 Å². The van der Waals surface area contributed by atoms with Crippen molar-refractivity contribution in [3.05, 3.63) is 59.7 Å². The molecule has 3 rings (SSSR count). The van der Waals surface area contributed by atoms with E-state index in [1.165, 1.54) is 43.4 Å². The molecule has 0 heterocycles. The van der Waals surface area contributed by atoms with Crippen LogP contribution in [0.15, 0.2) is 53.4 Å². The van der Waals surface area contributed by atoms with Crippen LogP contribution in [0, 0.1) is 6.92 Å². The third-order valence-corrected chi connectivity index (χ3v) is 7.22. The first-order chi connectivity index (χ1) is 15.7. The Morgan fingerprint density at radius 1 is 1.00 bits per heavy atom. The fraction of sp³-hybridized carbons (Fsp3) is 0.348. The maximum Gasteiger partial charge on any atom is 0.338 e. The summed E-state index contributed by atoms with van der Waals surface area (Å²) in [7, 11) is -2.34. The Hall–Kier alpha value is -3.40. The number of carbonyl (C=O) groups is 3. The summed E-state index contributed by atoms with van der Waals surface area (Å²) < 4.78 is 31.6. The number of ether oxygens (including phenoxy) is 1. The van der Waals surface area contributed by atoms with Crippen molar-refractivity contribution in [1.82, 2.24) is 10.6 Å². The zero-order valence-corrected chi connectivity index (χ0v) is 19.4. The van der Waals surface area contributed by atoms with Crippen LogP contribution in [0.3, 0.4) is 0 Å². The van der Waals surface area contributed by atoms with Crippen molar-refractivity contribution in [3.8, 4) is 0 Å². The second-order valence-corrected chi connectivity index (χ2v) is 9.88. The fourth-order valence-electron chi connectivity index (χ4n) is 3.48. The summed E-state index contributed by atoms with van der Waals surface area (Å²) in [5.41, 5.74) is 1.44. The van der Waals surface area contributed by atoms with Gasteiger partial charge in [0.15, 0.2) is 6.61 Å². The molecule has 2 N–H and O–H groups in total. The number of carbonyl (C=O) groups excluding carboxylic acids is 3. The number of esters is 1. The first-order valence-electron chi connectivity index (χ1n) is 10.6. The molecule has 0 saturated heterocycles. The minimum atomic E-state index is -3.76. The molecule has 0 atom stereocenters. The predicted molar refractivity (Wildman–Crippen MR) is 122 cm³/mol. The molecule has 0 spiro atoms. The quantitative estimate of drug-likeness (QED) is 0.597. The first-order valence-corrected chi connectivity index (χ1v) is 12.0. The third kappa shape index (κ3) is 6.32. The standard InChI is InChI=1S/C23H27N3O6S/c1-16-7-13-20(14-8-16)33(30,31)26(2)19-11-9-17(10-12-19)22(28)32-15-21(27)25-23(29)24-18-5-3-4-6-18/h7-14,18H,3-6,15H2,1-2H3,(H2,24,25,27,29). The second-order valence-electron chi connectivity index (χ2n) is 7.91. The van der Waals surface area contributed by atoms with Gasteiger partial charge >= 0.3 is 12.0 Å². The van der Waals surface area contributed by atoms with Gasteiger partial charge < -0.3 is 10.1 Å². The van der Waals surface area contributed by atoms with E-state index in [0.29, 0.717) is 5.69 Å². The number of hydrogen-bond acceptors (Lipinski definition) is 6. The van der Waals surface area contributed by atoms with Crippen LogP contribution in [0.4, 0.5) is 10.5 Å². The number of aryl methyl sites for hydroxylation is 1. The highest BCUT2D eigenvalue weighted by Gasteiger charge is 2.22. The summed E-state index contributed by atoms with van der Waals surface area (Å²) >= 11 is 0. The number of anilines is 1. The average molecular weight is 474 g/mol. The van der Waals surface area contributed by atoms with Crippen LogP contribution in [0.25, 0.3) is 0 Å². The van der Waals surface area contributed by atoms with Gasteiger partial charge in [0.2, 0.25) is 0 Å². The number of urea groups is 1. The van der Waals surface area contributed by atoms with E-state index in [0.717, 1.165) is 35.6 Å². The van der Waals surface area contributed by atoms with Crippen LogP contribution in [-0.4, -0.2) is 46.0 Å². The highest BCUT2D eigenvalue weighted by atomic mass is 32.2. The van der Waals surface area contributed by atoms with E-state index in [9.17, 15) is 22.8 Å². The summed E-state index contributed by atoms with van der Waals surface area (Å²) in [6, 6.07) is 11.7. The molecule has 33 heavy (non-hydrogen) atoms. The molecule has 0 radical (unpaired) electrons. The van der Waals surface area contributed by atoms with Crippen molar-refractivity contribution in [3.63, 3.8) is 0 Å². The summed E-state index contributed by atoms with van der Waals surface area (Å²) in [5, 5.41) is 4.84. The van der Waals surface area contributed by atoms with Gasteiger partial charge in [-0.2, -0.15) is 0 Å². The molecule has 176 valence electrons. The van der Waals surface area contributed by atoms with Crippen LogP contribution >= 0.6 is 0 Å². The van der Waals surface area contributed by atoms with Crippen molar-refractivity contribution >= 4 is 33.6 Å². The molecule has 3 amide bonds. The molecular formula is C23H27N3O6S. The van der Waals surface area contributed by atoms with Gasteiger partial charge in [-0.05, 0) is 56.2 Å². The lowest BCUT2D eigenvalue weighted by atomic mass is 10.2. The number of rotatable bonds is 7. The van der Waals surface area contributed by atoms with Crippen LogP contribution in [-0.2, 0) is 19.6 Å². The number of imide groups is 1. The van der Waals surface area contributed by atoms with Crippen molar-refractivity contribution in [2.45, 2.75) is 43.5 Å². The zero-order valence-electron chi connectivity index (χ0n) is 18.5. The molecule has 2 aromatic carbocycles. The van der Waals surface area contributed by atoms with Crippen molar-refractivity contribution in [1.29, 1.82) is 0 Å². The number of nitrogens with one attached hydrogen (secondary N) is 2. The minimum Gasteiger partial charge on any atom is -0.452 e. The van der Waals surface area contributed by atoms with E-state index in [-0.39, 0.29) is 16.5 Å². The normalized spacial score (nSPS) is 13.9. The highest BCUT2D eigenvalue weighted by Crippen LogP contribution is 2.23. The Morgan fingerprint density at radius 3 is 2.21 bits per heavy atom. The Labute approximate surface area is 193 Å². The SMILES string of the molecule is Cc1ccc(S(=O)(=O)N(C)c2ccc(C(=O)OCC(=O)NC(=O)NC3CCCC3)cc2)cc1. The maximum atomic E-state index is 12.8. The second kappa shape index (κ2) is 10.5. The predicted octanol–water partition coefficient (Wildman–Crippen LogP) is 2.75. The third-order valence-electron chi connectivity index (χ3n) is 5.42. The van der Waals surface area contributed by atoms with Crippen molar-refractivity contribution in [2.75, 3.05) is 18.0 Å². The van der Waals surface area contributed by atoms with Gasteiger partial charge in [0.25, 0.3) is 15.9 Å². The molecule has 0 unspecified atom stereocenters. The summed E-state index contributed by atoms with van der Waals surface area (Å²) in [6.45, 7) is 1.26. The number of hydrogen-bond donors (Lipinski definition) is 2. The zero-order chi connectivity index (χ0) is 24.0. The Kier molecular flexibility index (Phi) is 7.70. The molecule has 1 saturated carbocycles. The van der Waals surface area contributed by atoms with E-state index < -0.39 is 34.5 Å². The topological polar surface area (TPSA) is 122 Å². The van der Waals surface area contributed by atoms with Crippen molar-refractivity contribution in [2.24, 2.45) is 0 Å². The first kappa shape index (κ1) is 24.2. The van der Waals surface area contributed by atoms with Crippen LogP contribution in [0.2, 0.25) is 0 Å². The molecule has 0 bridgehead atoms. The van der Waals surface area contributed by atoms with Crippen molar-refractivity contribution < 1.29 is 27.5 Å². The Balaban J connectivity index is 1.53. The lowest BCUT2D eigenvalue weighted by molar-refractivity contribution is -0.123. The number of benzene rings is 2. The van der Waals surface area contributed by atoms with Gasteiger partial charge in [-0.1, -0.05) is 30.5 Å². The van der Waals surface area contributed by atoms with Gasteiger partial charge in [0.1, 0.15) is 0 Å². The molecule has 9 nitrogen and oxygen atoms in total. The molecule has 1 aliphatic rings. The van der Waals surface area contributed by atoms with Gasteiger partial charge in [0.05, 0.1) is 16.1 Å². The van der Waals surface area contributed by atoms with E-state index in [1.807, 2.05) is 6.92 Å². The average Bonchev–Trinajstić information content (AvgIpc) is 3.30. The van der Waals surface area contributed by atoms with Gasteiger partial charge in [-0.15, -0.1) is 0 Å². The highest BCUT2D eigenvalue weighted by molar-refractivity contribution is 7.92. The van der Waals surface area contributed by atoms with Gasteiger partial charge in [0, 0.05) is 13.1 Å². The van der Waals surface area contributed by atoms with Gasteiger partial charge in [-0.3, -0.25) is 14.4 Å². The molecule has 0 aliphatic heterocycles. The largest absolute Gasteiger partial charge is 0.452 e. The summed E-state index contributed by atoms with van der Waals surface area (Å²) in [4.78, 5) is 36.0. The summed E-state index contributed by atoms with van der Waals surface area (Å²) in [5.74, 6) is -1.50.